The molecule has 2 amide bonds. The molecule has 0 aliphatic carbocycles. The molecule has 3 rings (SSSR count). The molecule has 0 radical (unpaired) electrons. The zero-order valence-corrected chi connectivity index (χ0v) is 16.1. The number of benzene rings is 2. The molecule has 1 unspecified atom stereocenters. The molecule has 0 spiro atoms. The van der Waals surface area contributed by atoms with Crippen molar-refractivity contribution in [3.63, 3.8) is 0 Å². The number of halogens is 1. The normalized spacial score (nSPS) is 18.9. The molecule has 8 heteroatoms. The second-order valence-corrected chi connectivity index (χ2v) is 7.44. The topological polar surface area (TPSA) is 82.9 Å². The molecule has 1 heterocycles. The van der Waals surface area contributed by atoms with E-state index in [1.54, 1.807) is 24.3 Å². The van der Waals surface area contributed by atoms with E-state index in [1.807, 2.05) is 37.3 Å². The van der Waals surface area contributed by atoms with E-state index in [0.29, 0.717) is 21.6 Å². The third-order valence-electron chi connectivity index (χ3n) is 3.76. The average molecular weight is 401 g/mol. The lowest BCUT2D eigenvalue weighted by Crippen LogP contribution is -2.41. The van der Waals surface area contributed by atoms with Crippen molar-refractivity contribution in [2.45, 2.75) is 18.6 Å². The van der Waals surface area contributed by atoms with E-state index in [2.05, 4.69) is 20.8 Å². The van der Waals surface area contributed by atoms with Gasteiger partial charge in [-0.05, 0) is 36.8 Å². The number of nitrogens with one attached hydrogen (secondary N) is 2. The van der Waals surface area contributed by atoms with Crippen LogP contribution in [-0.2, 0) is 9.59 Å². The molecule has 1 fully saturated rings. The molecular weight excluding hydrogens is 384 g/mol. The van der Waals surface area contributed by atoms with Crippen molar-refractivity contribution in [1.82, 2.24) is 5.32 Å². The zero-order chi connectivity index (χ0) is 19.2. The Bertz CT molecular complexity index is 898. The van der Waals surface area contributed by atoms with Crippen molar-refractivity contribution >= 4 is 51.7 Å². The average Bonchev–Trinajstić information content (AvgIpc) is 2.67. The summed E-state index contributed by atoms with van der Waals surface area (Å²) in [5, 5.41) is 14.1. The van der Waals surface area contributed by atoms with Gasteiger partial charge in [-0.3, -0.25) is 9.59 Å². The molecule has 0 aromatic heterocycles. The van der Waals surface area contributed by atoms with Crippen LogP contribution in [0.5, 0.6) is 0 Å². The molecule has 1 saturated heterocycles. The highest BCUT2D eigenvalue weighted by Crippen LogP contribution is 2.22. The summed E-state index contributed by atoms with van der Waals surface area (Å²) in [5.74, 6) is -0.507. The van der Waals surface area contributed by atoms with Gasteiger partial charge in [0.05, 0.1) is 5.71 Å². The molecule has 2 N–H and O–H groups in total. The molecule has 138 valence electrons. The predicted octanol–water partition coefficient (Wildman–Crippen LogP) is 3.68. The van der Waals surface area contributed by atoms with Crippen LogP contribution in [0.25, 0.3) is 0 Å². The number of rotatable bonds is 4. The highest BCUT2D eigenvalue weighted by molar-refractivity contribution is 8.15. The Kier molecular flexibility index (Phi) is 6.26. The Morgan fingerprint density at radius 1 is 1.19 bits per heavy atom. The smallest absolute Gasteiger partial charge is 0.238 e. The fourth-order valence-corrected chi connectivity index (χ4v) is 3.41. The van der Waals surface area contributed by atoms with Gasteiger partial charge in [-0.1, -0.05) is 53.7 Å². The van der Waals surface area contributed by atoms with Gasteiger partial charge in [-0.25, -0.2) is 0 Å². The monoisotopic (exact) mass is 400 g/mol. The molecule has 0 saturated carbocycles. The fraction of sp³-hybridized carbons (Fsp3) is 0.158. The summed E-state index contributed by atoms with van der Waals surface area (Å²) in [6, 6.07) is 16.3. The summed E-state index contributed by atoms with van der Waals surface area (Å²) in [5.41, 5.74) is 2.23. The Morgan fingerprint density at radius 3 is 2.59 bits per heavy atom. The van der Waals surface area contributed by atoms with E-state index < -0.39 is 5.25 Å². The molecule has 1 aliphatic heterocycles. The Balaban J connectivity index is 1.69. The minimum absolute atomic E-state index is 0.0855. The molecule has 2 aromatic rings. The lowest BCUT2D eigenvalue weighted by Gasteiger charge is -2.21. The van der Waals surface area contributed by atoms with Crippen molar-refractivity contribution in [2.24, 2.45) is 10.2 Å². The largest absolute Gasteiger partial charge is 0.325 e. The van der Waals surface area contributed by atoms with E-state index in [1.165, 1.54) is 11.8 Å². The van der Waals surface area contributed by atoms with Crippen LogP contribution < -0.4 is 10.6 Å². The van der Waals surface area contributed by atoms with Gasteiger partial charge in [0.1, 0.15) is 5.25 Å². The van der Waals surface area contributed by atoms with Crippen LogP contribution in [0.15, 0.2) is 64.8 Å². The second kappa shape index (κ2) is 8.83. The molecule has 6 nitrogen and oxygen atoms in total. The number of anilines is 1. The number of hydrogen-bond donors (Lipinski definition) is 2. The number of thioether (sulfide) groups is 1. The van der Waals surface area contributed by atoms with Gasteiger partial charge in [0, 0.05) is 17.1 Å². The number of carbonyl (C=O) groups is 2. The molecule has 1 atom stereocenters. The summed E-state index contributed by atoms with van der Waals surface area (Å²) in [6.45, 7) is 1.81. The lowest BCUT2D eigenvalue weighted by molar-refractivity contribution is -0.123. The van der Waals surface area contributed by atoms with Crippen molar-refractivity contribution in [3.05, 3.63) is 65.2 Å². The van der Waals surface area contributed by atoms with Crippen LogP contribution in [0.1, 0.15) is 18.9 Å². The van der Waals surface area contributed by atoms with Gasteiger partial charge in [0.2, 0.25) is 11.8 Å². The first-order chi connectivity index (χ1) is 13.0. The van der Waals surface area contributed by atoms with Crippen molar-refractivity contribution < 1.29 is 9.59 Å². The summed E-state index contributed by atoms with van der Waals surface area (Å²) in [7, 11) is 0. The number of para-hydroxylation sites is 1. The summed E-state index contributed by atoms with van der Waals surface area (Å²) < 4.78 is 0. The van der Waals surface area contributed by atoms with Crippen molar-refractivity contribution in [1.29, 1.82) is 0 Å². The first kappa shape index (κ1) is 19.1. The SMILES string of the molecule is CC(=NN=C1NC(=O)CC(C(=O)Nc2ccccc2)S1)c1ccc(Cl)cc1. The van der Waals surface area contributed by atoms with Crippen LogP contribution in [0.3, 0.4) is 0 Å². The molecule has 27 heavy (non-hydrogen) atoms. The molecular formula is C19H17ClN4O2S. The van der Waals surface area contributed by atoms with Crippen LogP contribution in [0.4, 0.5) is 5.69 Å². The molecule has 1 aliphatic rings. The number of amidine groups is 1. The van der Waals surface area contributed by atoms with Crippen molar-refractivity contribution in [3.8, 4) is 0 Å². The van der Waals surface area contributed by atoms with Crippen LogP contribution in [0.2, 0.25) is 5.02 Å². The Hall–Kier alpha value is -2.64. The second-order valence-electron chi connectivity index (χ2n) is 5.81. The van der Waals surface area contributed by atoms with Crippen LogP contribution in [0, 0.1) is 0 Å². The van der Waals surface area contributed by atoms with E-state index in [9.17, 15) is 9.59 Å². The third kappa shape index (κ3) is 5.42. The van der Waals surface area contributed by atoms with Crippen LogP contribution >= 0.6 is 23.4 Å². The number of nitrogens with zero attached hydrogens (tertiary/aromatic N) is 2. The van der Waals surface area contributed by atoms with E-state index in [0.717, 1.165) is 5.56 Å². The molecule has 2 aromatic carbocycles. The van der Waals surface area contributed by atoms with Gasteiger partial charge < -0.3 is 10.6 Å². The first-order valence-corrected chi connectivity index (χ1v) is 9.47. The van der Waals surface area contributed by atoms with Gasteiger partial charge >= 0.3 is 0 Å². The van der Waals surface area contributed by atoms with Gasteiger partial charge in [-0.2, -0.15) is 5.10 Å². The van der Waals surface area contributed by atoms with E-state index >= 15 is 0 Å². The maximum atomic E-state index is 12.4. The van der Waals surface area contributed by atoms with Gasteiger partial charge in [0.15, 0.2) is 5.17 Å². The predicted molar refractivity (Wildman–Crippen MR) is 110 cm³/mol. The van der Waals surface area contributed by atoms with Gasteiger partial charge in [0.25, 0.3) is 0 Å². The highest BCUT2D eigenvalue weighted by atomic mass is 35.5. The van der Waals surface area contributed by atoms with Crippen LogP contribution in [-0.4, -0.2) is 27.9 Å². The molecule has 0 bridgehead atoms. The maximum absolute atomic E-state index is 12.4. The lowest BCUT2D eigenvalue weighted by atomic mass is 10.1. The minimum atomic E-state index is -0.566. The number of carbonyl (C=O) groups excluding carboxylic acids is 2. The highest BCUT2D eigenvalue weighted by Gasteiger charge is 2.30. The van der Waals surface area contributed by atoms with E-state index in [-0.39, 0.29) is 18.2 Å². The zero-order valence-electron chi connectivity index (χ0n) is 14.5. The fourth-order valence-electron chi connectivity index (χ4n) is 2.35. The number of amides is 2. The summed E-state index contributed by atoms with van der Waals surface area (Å²) >= 11 is 7.06. The maximum Gasteiger partial charge on any atom is 0.238 e. The van der Waals surface area contributed by atoms with E-state index in [4.69, 9.17) is 11.6 Å². The first-order valence-electron chi connectivity index (χ1n) is 8.22. The van der Waals surface area contributed by atoms with Gasteiger partial charge in [-0.15, -0.1) is 5.10 Å². The van der Waals surface area contributed by atoms with Crippen molar-refractivity contribution in [2.75, 3.05) is 5.32 Å². The quantitative estimate of drug-likeness (QED) is 0.606. The Morgan fingerprint density at radius 2 is 1.89 bits per heavy atom. The minimum Gasteiger partial charge on any atom is -0.325 e. The third-order valence-corrected chi connectivity index (χ3v) is 5.08. The number of hydrogen-bond acceptors (Lipinski definition) is 5. The standard InChI is InChI=1S/C19H17ClN4O2S/c1-12(13-7-9-14(20)10-8-13)23-24-19-22-17(25)11-16(27-19)18(26)21-15-5-3-2-4-6-15/h2-10,16H,11H2,1H3,(H,21,26)(H,22,24,25). The summed E-state index contributed by atoms with van der Waals surface area (Å²) in [6.07, 6.45) is 0.0855. The Labute approximate surface area is 166 Å². The summed E-state index contributed by atoms with van der Waals surface area (Å²) in [4.78, 5) is 24.4.